The molecule has 0 saturated carbocycles. The summed E-state index contributed by atoms with van der Waals surface area (Å²) in [6, 6.07) is 0. The van der Waals surface area contributed by atoms with E-state index in [0.29, 0.717) is 0 Å². The highest BCUT2D eigenvalue weighted by Gasteiger charge is 2.26. The lowest BCUT2D eigenvalue weighted by molar-refractivity contribution is -0.188. The Balaban J connectivity index is -0.0000000599. The number of halogens is 10. The molecule has 0 radical (unpaired) electrons. The zero-order valence-electron chi connectivity index (χ0n) is 10.6. The smallest absolute Gasteiger partial charge is 0.216 e. The minimum Gasteiger partial charge on any atom is -0.216 e. The number of hydrogen-bond acceptors (Lipinski definition) is 4. The third-order valence-electron chi connectivity index (χ3n) is 0.504. The Bertz CT molecular complexity index is 266. The second kappa shape index (κ2) is 25.2. The van der Waals surface area contributed by atoms with Gasteiger partial charge in [-0.1, -0.05) is 3.89 Å². The normalized spacial score (nSPS) is 9.36. The van der Waals surface area contributed by atoms with Crippen molar-refractivity contribution in [3.05, 3.63) is 13.2 Å². The second-order valence-corrected chi connectivity index (χ2v) is 3.74. The molecular formula is C7H12ClF9O4S. The minimum absolute atomic E-state index is 0.913. The standard InChI is InChI=1S/C3H4F4O.C2H4.CH2F2O.CH2F2.ClFO2S/c4-3(5,6)1-2-8-7;1-2;2-1-4-3;2-1-3;1-5(2,3)4/h1-2H2;1-2H2;1H2;1H2;. The molecule has 0 aliphatic heterocycles. The molecule has 0 unspecified atom stereocenters. The molecule has 0 rings (SSSR count). The van der Waals surface area contributed by atoms with Gasteiger partial charge in [0.2, 0.25) is 13.8 Å². The van der Waals surface area contributed by atoms with Gasteiger partial charge >= 0.3 is 15.6 Å². The van der Waals surface area contributed by atoms with Gasteiger partial charge in [-0.05, 0) is 9.05 Å². The highest BCUT2D eigenvalue weighted by Crippen LogP contribution is 2.18. The number of alkyl halides is 6. The van der Waals surface area contributed by atoms with E-state index in [1.807, 2.05) is 0 Å². The van der Waals surface area contributed by atoms with Gasteiger partial charge in [0.15, 0.2) is 0 Å². The lowest BCUT2D eigenvalue weighted by Crippen LogP contribution is -2.09. The molecule has 0 atom stereocenters. The summed E-state index contributed by atoms with van der Waals surface area (Å²) in [5.74, 6) is 0. The van der Waals surface area contributed by atoms with Crippen molar-refractivity contribution < 1.29 is 57.6 Å². The summed E-state index contributed by atoms with van der Waals surface area (Å²) in [4.78, 5) is 5.07. The van der Waals surface area contributed by atoms with Crippen LogP contribution in [0.15, 0.2) is 13.2 Å². The topological polar surface area (TPSA) is 52.6 Å². The minimum atomic E-state index is -4.69. The molecule has 0 aromatic rings. The van der Waals surface area contributed by atoms with Crippen LogP contribution in [0.4, 0.5) is 39.3 Å². The summed E-state index contributed by atoms with van der Waals surface area (Å²) in [6.45, 7) is 1.99. The largest absolute Gasteiger partial charge is 0.391 e. The maximum Gasteiger partial charge on any atom is 0.391 e. The maximum absolute atomic E-state index is 11.0. The van der Waals surface area contributed by atoms with Crippen molar-refractivity contribution in [2.75, 3.05) is 20.4 Å². The van der Waals surface area contributed by atoms with Crippen LogP contribution in [0, 0.1) is 0 Å². The van der Waals surface area contributed by atoms with Gasteiger partial charge in [-0.3, -0.25) is 0 Å². The molecule has 0 aromatic heterocycles. The Hall–Kier alpha value is -0.730. The summed E-state index contributed by atoms with van der Waals surface area (Å²) in [7, 11) is -0.859. The molecule has 4 nitrogen and oxygen atoms in total. The number of hydrogen-bond donors (Lipinski definition) is 0. The van der Waals surface area contributed by atoms with Gasteiger partial charge in [-0.15, -0.1) is 13.2 Å². The zero-order chi connectivity index (χ0) is 19.2. The van der Waals surface area contributed by atoms with Crippen LogP contribution in [0.2, 0.25) is 0 Å². The molecule has 0 aromatic carbocycles. The van der Waals surface area contributed by atoms with Gasteiger partial charge in [0.05, 0.1) is 23.7 Å². The van der Waals surface area contributed by atoms with Crippen molar-refractivity contribution in [1.29, 1.82) is 0 Å². The Labute approximate surface area is 125 Å². The lowest BCUT2D eigenvalue weighted by Gasteiger charge is -2.00. The lowest BCUT2D eigenvalue weighted by atomic mass is 10.5. The van der Waals surface area contributed by atoms with Crippen molar-refractivity contribution in [1.82, 2.24) is 0 Å². The molecule has 0 fully saturated rings. The molecule has 0 N–H and O–H groups in total. The van der Waals surface area contributed by atoms with Crippen LogP contribution in [0.1, 0.15) is 6.42 Å². The predicted molar refractivity (Wildman–Crippen MR) is 60.1 cm³/mol. The van der Waals surface area contributed by atoms with E-state index in [1.165, 1.54) is 0 Å². The molecule has 0 amide bonds. The number of rotatable bonds is 3. The Kier molecular flexibility index (Phi) is 37.9. The molecule has 22 heavy (non-hydrogen) atoms. The van der Waals surface area contributed by atoms with Crippen LogP contribution in [0.25, 0.3) is 0 Å². The van der Waals surface area contributed by atoms with E-state index < -0.39 is 42.4 Å². The van der Waals surface area contributed by atoms with E-state index in [0.717, 1.165) is 0 Å². The molecule has 0 spiro atoms. The van der Waals surface area contributed by atoms with E-state index in [-0.39, 0.29) is 0 Å². The maximum atomic E-state index is 11.0. The molecule has 0 aliphatic rings. The Morgan fingerprint density at radius 1 is 1.00 bits per heavy atom. The molecule has 15 heteroatoms. The SMILES string of the molecule is C=C.FCF.FCOF.FOCCC(F)(F)F.O=S(=O)(F)Cl. The van der Waals surface area contributed by atoms with E-state index in [1.54, 1.807) is 0 Å². The molecule has 0 bridgehead atoms. The highest BCUT2D eigenvalue weighted by atomic mass is 35.7. The molecule has 140 valence electrons. The van der Waals surface area contributed by atoms with Crippen molar-refractivity contribution in [2.24, 2.45) is 0 Å². The van der Waals surface area contributed by atoms with Gasteiger partial charge in [0.25, 0.3) is 0 Å². The van der Waals surface area contributed by atoms with Crippen molar-refractivity contribution >= 4 is 20.1 Å². The van der Waals surface area contributed by atoms with Gasteiger partial charge < -0.3 is 0 Å². The monoisotopic (exact) mass is 398 g/mol. The summed E-state index contributed by atoms with van der Waals surface area (Å²) >= 11 is 0. The zero-order valence-corrected chi connectivity index (χ0v) is 12.1. The highest BCUT2D eigenvalue weighted by molar-refractivity contribution is 8.09. The van der Waals surface area contributed by atoms with Gasteiger partial charge in [-0.2, -0.15) is 31.5 Å². The third-order valence-corrected chi connectivity index (χ3v) is 0.504. The van der Waals surface area contributed by atoms with Gasteiger partial charge in [0, 0.05) is 0 Å². The summed E-state index contributed by atoms with van der Waals surface area (Å²) in [5.41, 5.74) is 0. The van der Waals surface area contributed by atoms with Crippen LogP contribution < -0.4 is 0 Å². The van der Waals surface area contributed by atoms with Gasteiger partial charge in [0.1, 0.15) is 0 Å². The molecule has 0 saturated heterocycles. The Morgan fingerprint density at radius 2 is 1.23 bits per heavy atom. The first-order valence-corrected chi connectivity index (χ1v) is 6.46. The van der Waals surface area contributed by atoms with Gasteiger partial charge in [-0.25, -0.2) is 13.2 Å². The van der Waals surface area contributed by atoms with Crippen LogP contribution >= 0.6 is 10.7 Å². The fourth-order valence-corrected chi connectivity index (χ4v) is 0.154. The van der Waals surface area contributed by atoms with E-state index in [4.69, 9.17) is 8.42 Å². The second-order valence-electron chi connectivity index (χ2n) is 1.88. The van der Waals surface area contributed by atoms with Crippen molar-refractivity contribution in [3.63, 3.8) is 0 Å². The first-order valence-electron chi connectivity index (χ1n) is 4.25. The average Bonchev–Trinajstić information content (AvgIpc) is 2.37. The first-order chi connectivity index (χ1) is 9.89. The quantitative estimate of drug-likeness (QED) is 0.390. The molecule has 0 aliphatic carbocycles. The van der Waals surface area contributed by atoms with E-state index in [2.05, 4.69) is 33.7 Å². The van der Waals surface area contributed by atoms with Crippen LogP contribution in [0.3, 0.4) is 0 Å². The van der Waals surface area contributed by atoms with E-state index in [9.17, 15) is 39.3 Å². The van der Waals surface area contributed by atoms with Crippen molar-refractivity contribution in [2.45, 2.75) is 12.6 Å². The fourth-order valence-electron chi connectivity index (χ4n) is 0.154. The first kappa shape index (κ1) is 33.0. The fraction of sp³-hybridized carbons (Fsp3) is 0.714. The van der Waals surface area contributed by atoms with Crippen LogP contribution in [-0.2, 0) is 19.3 Å². The summed E-state index contributed by atoms with van der Waals surface area (Å²) in [6.07, 6.45) is -5.55. The Morgan fingerprint density at radius 3 is 1.27 bits per heavy atom. The summed E-state index contributed by atoms with van der Waals surface area (Å²) < 4.78 is 111. The summed E-state index contributed by atoms with van der Waals surface area (Å²) in [5, 5.41) is 0. The van der Waals surface area contributed by atoms with E-state index >= 15 is 0 Å². The third kappa shape index (κ3) is 232. The van der Waals surface area contributed by atoms with Crippen LogP contribution in [0.5, 0.6) is 0 Å². The molecular weight excluding hydrogens is 387 g/mol. The van der Waals surface area contributed by atoms with Crippen LogP contribution in [-0.4, -0.2) is 35.0 Å². The predicted octanol–water partition coefficient (Wildman–Crippen LogP) is 4.78. The van der Waals surface area contributed by atoms with Crippen molar-refractivity contribution in [3.8, 4) is 0 Å². The molecule has 0 heterocycles. The average molecular weight is 399 g/mol.